The van der Waals surface area contributed by atoms with Gasteiger partial charge in [-0.2, -0.15) is 5.10 Å². The number of benzene rings is 1. The molecule has 0 aliphatic heterocycles. The third-order valence-electron chi connectivity index (χ3n) is 2.87. The minimum atomic E-state index is -1.24. The number of nitro groups is 1. The van der Waals surface area contributed by atoms with E-state index < -0.39 is 16.5 Å². The van der Waals surface area contributed by atoms with E-state index in [4.69, 9.17) is 5.11 Å². The van der Waals surface area contributed by atoms with Gasteiger partial charge in [-0.1, -0.05) is 18.2 Å². The van der Waals surface area contributed by atoms with Gasteiger partial charge in [-0.3, -0.25) is 14.9 Å². The summed E-state index contributed by atoms with van der Waals surface area (Å²) in [5.41, 5.74) is -0.299. The Labute approximate surface area is 118 Å². The van der Waals surface area contributed by atoms with E-state index in [0.29, 0.717) is 5.56 Å². The molecule has 0 fully saturated rings. The molecule has 0 atom stereocenters. The number of carboxylic acids is 1. The van der Waals surface area contributed by atoms with Crippen LogP contribution in [0.3, 0.4) is 0 Å². The van der Waals surface area contributed by atoms with Crippen molar-refractivity contribution in [2.75, 3.05) is 0 Å². The second-order valence-electron chi connectivity index (χ2n) is 4.22. The molecule has 0 saturated carbocycles. The SMILES string of the molecule is O=C(O)c1ccc(=O)n(CCc2ccccc2[N+](=O)[O-])n1. The number of rotatable bonds is 5. The van der Waals surface area contributed by atoms with Crippen LogP contribution in [0.25, 0.3) is 0 Å². The van der Waals surface area contributed by atoms with Crippen LogP contribution < -0.4 is 5.56 Å². The fourth-order valence-electron chi connectivity index (χ4n) is 1.85. The summed E-state index contributed by atoms with van der Waals surface area (Å²) in [4.78, 5) is 32.8. The minimum Gasteiger partial charge on any atom is -0.476 e. The normalized spacial score (nSPS) is 10.3. The third kappa shape index (κ3) is 3.30. The van der Waals surface area contributed by atoms with Crippen molar-refractivity contribution in [1.29, 1.82) is 0 Å². The largest absolute Gasteiger partial charge is 0.476 e. The van der Waals surface area contributed by atoms with Gasteiger partial charge in [-0.15, -0.1) is 0 Å². The predicted molar refractivity (Wildman–Crippen MR) is 72.3 cm³/mol. The van der Waals surface area contributed by atoms with Gasteiger partial charge in [-0.25, -0.2) is 9.48 Å². The number of para-hydroxylation sites is 1. The number of hydrogen-bond acceptors (Lipinski definition) is 5. The highest BCUT2D eigenvalue weighted by molar-refractivity contribution is 5.84. The van der Waals surface area contributed by atoms with Crippen LogP contribution in [0.1, 0.15) is 16.1 Å². The molecule has 0 aliphatic rings. The summed E-state index contributed by atoms with van der Waals surface area (Å²) in [7, 11) is 0. The summed E-state index contributed by atoms with van der Waals surface area (Å²) < 4.78 is 0.986. The van der Waals surface area contributed by atoms with E-state index >= 15 is 0 Å². The molecule has 0 unspecified atom stereocenters. The highest BCUT2D eigenvalue weighted by Gasteiger charge is 2.13. The number of aromatic nitrogens is 2. The van der Waals surface area contributed by atoms with E-state index in [1.165, 1.54) is 6.07 Å². The topological polar surface area (TPSA) is 115 Å². The Balaban J connectivity index is 2.25. The molecule has 0 radical (unpaired) electrons. The molecule has 8 heteroatoms. The monoisotopic (exact) mass is 289 g/mol. The summed E-state index contributed by atoms with van der Waals surface area (Å²) in [6.07, 6.45) is 0.202. The maximum absolute atomic E-state index is 11.6. The van der Waals surface area contributed by atoms with Crippen molar-refractivity contribution in [3.63, 3.8) is 0 Å². The molecule has 1 aromatic heterocycles. The first-order valence-corrected chi connectivity index (χ1v) is 6.03. The van der Waals surface area contributed by atoms with Crippen LogP contribution in [0.2, 0.25) is 0 Å². The maximum Gasteiger partial charge on any atom is 0.356 e. The molecular formula is C13H11N3O5. The average molecular weight is 289 g/mol. The van der Waals surface area contributed by atoms with Crippen molar-refractivity contribution in [2.24, 2.45) is 0 Å². The molecule has 108 valence electrons. The van der Waals surface area contributed by atoms with Crippen LogP contribution in [-0.2, 0) is 13.0 Å². The van der Waals surface area contributed by atoms with E-state index in [1.54, 1.807) is 18.2 Å². The summed E-state index contributed by atoms with van der Waals surface area (Å²) in [6.45, 7) is 0.0603. The lowest BCUT2D eigenvalue weighted by Gasteiger charge is -2.06. The zero-order valence-electron chi connectivity index (χ0n) is 10.8. The van der Waals surface area contributed by atoms with Gasteiger partial charge in [0, 0.05) is 24.2 Å². The molecule has 1 heterocycles. The lowest BCUT2D eigenvalue weighted by atomic mass is 10.1. The van der Waals surface area contributed by atoms with E-state index in [1.807, 2.05) is 0 Å². The molecule has 1 N–H and O–H groups in total. The zero-order valence-corrected chi connectivity index (χ0v) is 10.8. The van der Waals surface area contributed by atoms with Crippen molar-refractivity contribution < 1.29 is 14.8 Å². The minimum absolute atomic E-state index is 0.0417. The first-order valence-electron chi connectivity index (χ1n) is 6.03. The first kappa shape index (κ1) is 14.4. The number of carbonyl (C=O) groups is 1. The lowest BCUT2D eigenvalue weighted by Crippen LogP contribution is -2.25. The fraction of sp³-hybridized carbons (Fsp3) is 0.154. The Bertz CT molecular complexity index is 753. The van der Waals surface area contributed by atoms with Gasteiger partial charge in [0.15, 0.2) is 5.69 Å². The molecular weight excluding hydrogens is 278 g/mol. The molecule has 0 amide bonds. The van der Waals surface area contributed by atoms with Gasteiger partial charge in [-0.05, 0) is 12.5 Å². The quantitative estimate of drug-likeness (QED) is 0.650. The molecule has 0 spiro atoms. The molecule has 2 aromatic rings. The smallest absolute Gasteiger partial charge is 0.356 e. The van der Waals surface area contributed by atoms with Crippen LogP contribution in [0, 0.1) is 10.1 Å². The van der Waals surface area contributed by atoms with E-state index in [9.17, 15) is 19.7 Å². The number of hydrogen-bond donors (Lipinski definition) is 1. The number of aryl methyl sites for hydroxylation is 2. The molecule has 21 heavy (non-hydrogen) atoms. The lowest BCUT2D eigenvalue weighted by molar-refractivity contribution is -0.385. The van der Waals surface area contributed by atoms with Crippen LogP contribution in [-0.4, -0.2) is 25.8 Å². The average Bonchev–Trinajstić information content (AvgIpc) is 2.46. The van der Waals surface area contributed by atoms with E-state index in [0.717, 1.165) is 16.8 Å². The standard InChI is InChI=1S/C13H11N3O5/c17-12-6-5-10(13(18)19)14-15(12)8-7-9-3-1-2-4-11(9)16(20)21/h1-6H,7-8H2,(H,18,19). The number of nitro benzene ring substituents is 1. The predicted octanol–water partition coefficient (Wildman–Crippen LogP) is 1.09. The van der Waals surface area contributed by atoms with Gasteiger partial charge in [0.25, 0.3) is 11.2 Å². The van der Waals surface area contributed by atoms with Gasteiger partial charge >= 0.3 is 5.97 Å². The van der Waals surface area contributed by atoms with Gasteiger partial charge < -0.3 is 5.11 Å². The second kappa shape index (κ2) is 5.95. The van der Waals surface area contributed by atoms with Crippen LogP contribution >= 0.6 is 0 Å². The zero-order chi connectivity index (χ0) is 15.4. The molecule has 0 saturated heterocycles. The van der Waals surface area contributed by atoms with Crippen LogP contribution in [0.15, 0.2) is 41.2 Å². The van der Waals surface area contributed by atoms with Crippen molar-refractivity contribution >= 4 is 11.7 Å². The molecule has 8 nitrogen and oxygen atoms in total. The Morgan fingerprint density at radius 1 is 1.29 bits per heavy atom. The maximum atomic E-state index is 11.6. The van der Waals surface area contributed by atoms with Gasteiger partial charge in [0.05, 0.1) is 4.92 Å². The van der Waals surface area contributed by atoms with Crippen LogP contribution in [0.4, 0.5) is 5.69 Å². The Kier molecular flexibility index (Phi) is 4.07. The third-order valence-corrected chi connectivity index (χ3v) is 2.87. The molecule has 0 bridgehead atoms. The second-order valence-corrected chi connectivity index (χ2v) is 4.22. The van der Waals surface area contributed by atoms with Crippen LogP contribution in [0.5, 0.6) is 0 Å². The number of carboxylic acid groups (broad SMARTS) is 1. The Morgan fingerprint density at radius 3 is 2.67 bits per heavy atom. The first-order chi connectivity index (χ1) is 9.99. The summed E-state index contributed by atoms with van der Waals surface area (Å²) in [5.74, 6) is -1.24. The Hall–Kier alpha value is -3.03. The van der Waals surface area contributed by atoms with Gasteiger partial charge in [0.2, 0.25) is 0 Å². The summed E-state index contributed by atoms with van der Waals surface area (Å²) in [5, 5.41) is 23.4. The van der Waals surface area contributed by atoms with Gasteiger partial charge in [0.1, 0.15) is 0 Å². The van der Waals surface area contributed by atoms with E-state index in [-0.39, 0.29) is 24.3 Å². The van der Waals surface area contributed by atoms with Crippen molar-refractivity contribution in [3.8, 4) is 0 Å². The Morgan fingerprint density at radius 2 is 2.00 bits per heavy atom. The van der Waals surface area contributed by atoms with Crippen molar-refractivity contribution in [2.45, 2.75) is 13.0 Å². The molecule has 1 aromatic carbocycles. The molecule has 0 aliphatic carbocycles. The number of nitrogens with zero attached hydrogens (tertiary/aromatic N) is 3. The van der Waals surface area contributed by atoms with E-state index in [2.05, 4.69) is 5.10 Å². The highest BCUT2D eigenvalue weighted by atomic mass is 16.6. The van der Waals surface area contributed by atoms with Crippen molar-refractivity contribution in [3.05, 3.63) is 68.1 Å². The summed E-state index contributed by atoms with van der Waals surface area (Å²) in [6, 6.07) is 8.40. The number of aromatic carboxylic acids is 1. The molecule has 2 rings (SSSR count). The van der Waals surface area contributed by atoms with Crippen molar-refractivity contribution in [1.82, 2.24) is 9.78 Å². The summed E-state index contributed by atoms with van der Waals surface area (Å²) >= 11 is 0. The highest BCUT2D eigenvalue weighted by Crippen LogP contribution is 2.18. The fourth-order valence-corrected chi connectivity index (χ4v) is 1.85.